The predicted molar refractivity (Wildman–Crippen MR) is 40.5 cm³/mol. The van der Waals surface area contributed by atoms with Crippen molar-refractivity contribution in [3.05, 3.63) is 0 Å². The molecule has 4 nitrogen and oxygen atoms in total. The molecular weight excluding hydrogens is 165 g/mol. The average molecular weight is 177 g/mol. The van der Waals surface area contributed by atoms with Crippen molar-refractivity contribution in [3.63, 3.8) is 0 Å². The lowest BCUT2D eigenvalue weighted by molar-refractivity contribution is -0.148. The van der Waals surface area contributed by atoms with Crippen molar-refractivity contribution in [2.45, 2.75) is 19.9 Å². The van der Waals surface area contributed by atoms with E-state index < -0.39 is 24.6 Å². The van der Waals surface area contributed by atoms with Crippen molar-refractivity contribution in [3.8, 4) is 0 Å². The molecule has 0 aliphatic carbocycles. The maximum absolute atomic E-state index is 11.8. The van der Waals surface area contributed by atoms with Gasteiger partial charge in [0, 0.05) is 13.5 Å². The molecular formula is C7H12FNO3. The predicted octanol–water partition coefficient (Wildman–Crippen LogP) is 0.278. The molecule has 0 spiro atoms. The second-order valence-electron chi connectivity index (χ2n) is 2.42. The first-order valence-electron chi connectivity index (χ1n) is 3.56. The Bertz CT molecular complexity index is 183. The summed E-state index contributed by atoms with van der Waals surface area (Å²) in [5.41, 5.74) is 0. The summed E-state index contributed by atoms with van der Waals surface area (Å²) >= 11 is 0. The Morgan fingerprint density at radius 3 is 2.33 bits per heavy atom. The van der Waals surface area contributed by atoms with E-state index in [0.29, 0.717) is 0 Å². The van der Waals surface area contributed by atoms with Gasteiger partial charge < -0.3 is 10.0 Å². The molecule has 0 saturated carbocycles. The molecule has 0 aliphatic rings. The summed E-state index contributed by atoms with van der Waals surface area (Å²) in [5, 5.41) is 8.51. The number of amides is 1. The van der Waals surface area contributed by atoms with Gasteiger partial charge in [-0.25, -0.2) is 9.18 Å². The first-order valence-corrected chi connectivity index (χ1v) is 3.56. The fourth-order valence-electron chi connectivity index (χ4n) is 0.848. The summed E-state index contributed by atoms with van der Waals surface area (Å²) < 4.78 is 11.8. The van der Waals surface area contributed by atoms with Crippen LogP contribution in [0, 0.1) is 0 Å². The SMILES string of the molecule is CC(=O)N(CCF)C(C)C(=O)O. The number of rotatable bonds is 4. The van der Waals surface area contributed by atoms with E-state index in [1.165, 1.54) is 13.8 Å². The Kier molecular flexibility index (Phi) is 4.25. The van der Waals surface area contributed by atoms with Crippen LogP contribution in [0.3, 0.4) is 0 Å². The Morgan fingerprint density at radius 2 is 2.08 bits per heavy atom. The summed E-state index contributed by atoms with van der Waals surface area (Å²) in [5.74, 6) is -1.55. The quantitative estimate of drug-likeness (QED) is 0.670. The highest BCUT2D eigenvalue weighted by Gasteiger charge is 2.21. The summed E-state index contributed by atoms with van der Waals surface area (Å²) in [6.07, 6.45) is 0. The Labute approximate surface area is 70.0 Å². The van der Waals surface area contributed by atoms with Crippen LogP contribution in [0.1, 0.15) is 13.8 Å². The Morgan fingerprint density at radius 1 is 1.58 bits per heavy atom. The number of aliphatic carboxylic acids is 1. The fraction of sp³-hybridized carbons (Fsp3) is 0.714. The molecule has 0 heterocycles. The zero-order valence-corrected chi connectivity index (χ0v) is 7.08. The second kappa shape index (κ2) is 4.69. The lowest BCUT2D eigenvalue weighted by Gasteiger charge is -2.23. The maximum atomic E-state index is 11.8. The van der Waals surface area contributed by atoms with E-state index in [1.807, 2.05) is 0 Å². The average Bonchev–Trinajstić information content (AvgIpc) is 1.98. The van der Waals surface area contributed by atoms with Gasteiger partial charge in [-0.05, 0) is 6.92 Å². The van der Waals surface area contributed by atoms with E-state index in [9.17, 15) is 14.0 Å². The molecule has 1 N–H and O–H groups in total. The van der Waals surface area contributed by atoms with Gasteiger partial charge in [-0.3, -0.25) is 4.79 Å². The zero-order valence-electron chi connectivity index (χ0n) is 7.08. The highest BCUT2D eigenvalue weighted by atomic mass is 19.1. The standard InChI is InChI=1S/C7H12FNO3/c1-5(7(11)12)9(4-3-8)6(2)10/h5H,3-4H2,1-2H3,(H,11,12). The van der Waals surface area contributed by atoms with Crippen LogP contribution >= 0.6 is 0 Å². The van der Waals surface area contributed by atoms with Crippen LogP contribution in [0.15, 0.2) is 0 Å². The number of hydrogen-bond donors (Lipinski definition) is 1. The Hall–Kier alpha value is -1.13. The van der Waals surface area contributed by atoms with Crippen molar-refractivity contribution in [1.29, 1.82) is 0 Å². The summed E-state index contributed by atoms with van der Waals surface area (Å²) in [6, 6.07) is -0.960. The van der Waals surface area contributed by atoms with E-state index in [0.717, 1.165) is 4.90 Å². The molecule has 0 aromatic heterocycles. The third-order valence-electron chi connectivity index (χ3n) is 1.55. The number of hydrogen-bond acceptors (Lipinski definition) is 2. The van der Waals surface area contributed by atoms with Crippen LogP contribution in [0.2, 0.25) is 0 Å². The van der Waals surface area contributed by atoms with Gasteiger partial charge in [0.2, 0.25) is 5.91 Å². The van der Waals surface area contributed by atoms with Crippen molar-refractivity contribution < 1.29 is 19.1 Å². The van der Waals surface area contributed by atoms with E-state index in [1.54, 1.807) is 0 Å². The number of carbonyl (C=O) groups excluding carboxylic acids is 1. The number of carbonyl (C=O) groups is 2. The molecule has 0 aromatic rings. The molecule has 5 heteroatoms. The lowest BCUT2D eigenvalue weighted by Crippen LogP contribution is -2.43. The van der Waals surface area contributed by atoms with Gasteiger partial charge in [-0.2, -0.15) is 0 Å². The monoisotopic (exact) mass is 177 g/mol. The summed E-state index contributed by atoms with van der Waals surface area (Å²) in [4.78, 5) is 22.2. The highest BCUT2D eigenvalue weighted by molar-refractivity contribution is 5.81. The molecule has 0 aliphatic heterocycles. The fourth-order valence-corrected chi connectivity index (χ4v) is 0.848. The molecule has 1 atom stereocenters. The van der Waals surface area contributed by atoms with Gasteiger partial charge in [-0.1, -0.05) is 0 Å². The van der Waals surface area contributed by atoms with Crippen LogP contribution < -0.4 is 0 Å². The number of halogens is 1. The third-order valence-corrected chi connectivity index (χ3v) is 1.55. The van der Waals surface area contributed by atoms with Gasteiger partial charge in [0.15, 0.2) is 0 Å². The van der Waals surface area contributed by atoms with Gasteiger partial charge >= 0.3 is 5.97 Å². The van der Waals surface area contributed by atoms with E-state index in [4.69, 9.17) is 5.11 Å². The normalized spacial score (nSPS) is 12.2. The van der Waals surface area contributed by atoms with Gasteiger partial charge in [0.25, 0.3) is 0 Å². The molecule has 0 rings (SSSR count). The molecule has 0 radical (unpaired) electrons. The molecule has 70 valence electrons. The zero-order chi connectivity index (χ0) is 9.72. The van der Waals surface area contributed by atoms with Crippen molar-refractivity contribution >= 4 is 11.9 Å². The minimum atomic E-state index is -1.13. The molecule has 0 bridgehead atoms. The second-order valence-corrected chi connectivity index (χ2v) is 2.42. The van der Waals surface area contributed by atoms with Crippen molar-refractivity contribution in [1.82, 2.24) is 4.90 Å². The van der Waals surface area contributed by atoms with Crippen molar-refractivity contribution in [2.24, 2.45) is 0 Å². The smallest absolute Gasteiger partial charge is 0.326 e. The molecule has 1 unspecified atom stereocenters. The molecule has 0 saturated heterocycles. The van der Waals surface area contributed by atoms with Gasteiger partial charge in [0.05, 0.1) is 0 Å². The van der Waals surface area contributed by atoms with E-state index >= 15 is 0 Å². The van der Waals surface area contributed by atoms with Gasteiger partial charge in [0.1, 0.15) is 12.7 Å². The Balaban J connectivity index is 4.28. The number of carboxylic acid groups (broad SMARTS) is 1. The van der Waals surface area contributed by atoms with Crippen LogP contribution in [0.25, 0.3) is 0 Å². The van der Waals surface area contributed by atoms with Crippen LogP contribution in [-0.4, -0.2) is 41.1 Å². The topological polar surface area (TPSA) is 57.6 Å². The largest absolute Gasteiger partial charge is 0.480 e. The van der Waals surface area contributed by atoms with Crippen LogP contribution in [0.5, 0.6) is 0 Å². The molecule has 12 heavy (non-hydrogen) atoms. The molecule has 1 amide bonds. The number of alkyl halides is 1. The first kappa shape index (κ1) is 10.9. The maximum Gasteiger partial charge on any atom is 0.326 e. The summed E-state index contributed by atoms with van der Waals surface area (Å²) in [6.45, 7) is 1.68. The number of carboxylic acids is 1. The minimum absolute atomic E-state index is 0.164. The summed E-state index contributed by atoms with van der Waals surface area (Å²) in [7, 11) is 0. The van der Waals surface area contributed by atoms with Crippen LogP contribution in [-0.2, 0) is 9.59 Å². The molecule has 0 fully saturated rings. The number of nitrogens with zero attached hydrogens (tertiary/aromatic N) is 1. The van der Waals surface area contributed by atoms with E-state index in [2.05, 4.69) is 0 Å². The molecule has 0 aromatic carbocycles. The van der Waals surface area contributed by atoms with Gasteiger partial charge in [-0.15, -0.1) is 0 Å². The first-order chi connectivity index (χ1) is 5.50. The third kappa shape index (κ3) is 2.86. The highest BCUT2D eigenvalue weighted by Crippen LogP contribution is 1.99. The lowest BCUT2D eigenvalue weighted by atomic mass is 10.3. The van der Waals surface area contributed by atoms with Crippen molar-refractivity contribution in [2.75, 3.05) is 13.2 Å². The van der Waals surface area contributed by atoms with Crippen LogP contribution in [0.4, 0.5) is 4.39 Å². The van der Waals surface area contributed by atoms with E-state index in [-0.39, 0.29) is 6.54 Å². The minimum Gasteiger partial charge on any atom is -0.480 e.